The largest absolute Gasteiger partial charge is 0.493 e. The number of rotatable bonds is 8. The molecule has 27 heavy (non-hydrogen) atoms. The maximum absolute atomic E-state index is 10.6. The molecule has 0 unspecified atom stereocenters. The number of hydrogen-bond donors (Lipinski definition) is 1. The quantitative estimate of drug-likeness (QED) is 0.375. The van der Waals surface area contributed by atoms with Crippen LogP contribution in [0.15, 0.2) is 30.3 Å². The molecule has 0 aliphatic carbocycles. The van der Waals surface area contributed by atoms with E-state index in [2.05, 4.69) is 11.4 Å². The zero-order valence-corrected chi connectivity index (χ0v) is 15.9. The van der Waals surface area contributed by atoms with Crippen LogP contribution >= 0.6 is 0 Å². The number of benzene rings is 3. The van der Waals surface area contributed by atoms with Gasteiger partial charge in [-0.3, -0.25) is 4.79 Å². The summed E-state index contributed by atoms with van der Waals surface area (Å²) in [6.45, 7) is 0.540. The molecule has 0 heterocycles. The molecular formula is C21H23NO5. The number of carbonyl (C=O) groups is 1. The van der Waals surface area contributed by atoms with Crippen molar-refractivity contribution in [3.63, 3.8) is 0 Å². The van der Waals surface area contributed by atoms with Crippen LogP contribution in [0.1, 0.15) is 5.56 Å². The maximum atomic E-state index is 10.6. The molecule has 1 N–H and O–H groups in total. The zero-order chi connectivity index (χ0) is 19.4. The minimum Gasteiger partial charge on any atom is -0.493 e. The normalized spacial score (nSPS) is 10.7. The van der Waals surface area contributed by atoms with E-state index in [4.69, 9.17) is 18.9 Å². The Morgan fingerprint density at radius 3 is 2.19 bits per heavy atom. The maximum Gasteiger partial charge on any atom is 0.207 e. The fourth-order valence-corrected chi connectivity index (χ4v) is 3.41. The highest BCUT2D eigenvalue weighted by Crippen LogP contribution is 2.44. The highest BCUT2D eigenvalue weighted by molar-refractivity contribution is 6.13. The molecule has 3 rings (SSSR count). The van der Waals surface area contributed by atoms with E-state index in [0.717, 1.165) is 27.1 Å². The van der Waals surface area contributed by atoms with Crippen LogP contribution in [-0.4, -0.2) is 41.4 Å². The Labute approximate surface area is 158 Å². The highest BCUT2D eigenvalue weighted by Gasteiger charge is 2.18. The Kier molecular flexibility index (Phi) is 5.54. The SMILES string of the molecule is COc1cc2ccc3c(CCNC=O)cc(OC)c(OC)c3c2cc1OC. The molecule has 0 saturated carbocycles. The lowest BCUT2D eigenvalue weighted by atomic mass is 9.95. The predicted octanol–water partition coefficient (Wildman–Crippen LogP) is 3.32. The molecular weight excluding hydrogens is 346 g/mol. The van der Waals surface area contributed by atoms with Gasteiger partial charge in [0.15, 0.2) is 23.0 Å². The van der Waals surface area contributed by atoms with Gasteiger partial charge in [-0.2, -0.15) is 0 Å². The van der Waals surface area contributed by atoms with Gasteiger partial charge in [-0.15, -0.1) is 0 Å². The van der Waals surface area contributed by atoms with Gasteiger partial charge < -0.3 is 24.3 Å². The van der Waals surface area contributed by atoms with Crippen LogP contribution < -0.4 is 24.3 Å². The van der Waals surface area contributed by atoms with Gasteiger partial charge >= 0.3 is 0 Å². The topological polar surface area (TPSA) is 66.0 Å². The standard InChI is InChI=1S/C21H23NO5/c1-24-17-9-13-5-6-15-14(7-8-22-12-23)10-19(26-3)21(27-4)20(15)16(13)11-18(17)25-2/h5-6,9-12H,7-8H2,1-4H3,(H,22,23). The number of nitrogens with one attached hydrogen (secondary N) is 1. The molecule has 1 amide bonds. The molecule has 0 radical (unpaired) electrons. The van der Waals surface area contributed by atoms with E-state index < -0.39 is 0 Å². The summed E-state index contributed by atoms with van der Waals surface area (Å²) in [4.78, 5) is 10.6. The van der Waals surface area contributed by atoms with Gasteiger partial charge in [0.25, 0.3) is 0 Å². The van der Waals surface area contributed by atoms with Crippen LogP contribution in [0.2, 0.25) is 0 Å². The first-order valence-electron chi connectivity index (χ1n) is 8.57. The zero-order valence-electron chi connectivity index (χ0n) is 15.9. The average molecular weight is 369 g/mol. The summed E-state index contributed by atoms with van der Waals surface area (Å²) >= 11 is 0. The van der Waals surface area contributed by atoms with Gasteiger partial charge in [0, 0.05) is 11.9 Å². The summed E-state index contributed by atoms with van der Waals surface area (Å²) in [5.74, 6) is 2.62. The van der Waals surface area contributed by atoms with Crippen molar-refractivity contribution in [2.45, 2.75) is 6.42 Å². The third-order valence-electron chi connectivity index (χ3n) is 4.67. The average Bonchev–Trinajstić information content (AvgIpc) is 2.71. The third kappa shape index (κ3) is 3.30. The van der Waals surface area contributed by atoms with E-state index in [1.807, 2.05) is 24.3 Å². The Morgan fingerprint density at radius 1 is 0.852 bits per heavy atom. The fourth-order valence-electron chi connectivity index (χ4n) is 3.41. The van der Waals surface area contributed by atoms with Crippen molar-refractivity contribution in [3.05, 3.63) is 35.9 Å². The van der Waals surface area contributed by atoms with Gasteiger partial charge in [-0.25, -0.2) is 0 Å². The highest BCUT2D eigenvalue weighted by atomic mass is 16.5. The van der Waals surface area contributed by atoms with Gasteiger partial charge in [0.1, 0.15) is 0 Å². The smallest absolute Gasteiger partial charge is 0.207 e. The Hall–Kier alpha value is -3.15. The van der Waals surface area contributed by atoms with E-state index in [-0.39, 0.29) is 0 Å². The number of methoxy groups -OCH3 is 4. The molecule has 3 aromatic rings. The van der Waals surface area contributed by atoms with Gasteiger partial charge in [0.2, 0.25) is 6.41 Å². The Morgan fingerprint density at radius 2 is 1.56 bits per heavy atom. The summed E-state index contributed by atoms with van der Waals surface area (Å²) in [7, 11) is 6.48. The summed E-state index contributed by atoms with van der Waals surface area (Å²) in [6, 6.07) is 9.95. The molecule has 3 aromatic carbocycles. The number of carbonyl (C=O) groups excluding carboxylic acids is 1. The number of fused-ring (bicyclic) bond motifs is 3. The van der Waals surface area contributed by atoms with Crippen LogP contribution in [0.3, 0.4) is 0 Å². The molecule has 0 aliphatic heterocycles. The molecule has 0 aromatic heterocycles. The van der Waals surface area contributed by atoms with Gasteiger partial charge in [0.05, 0.1) is 28.4 Å². The molecule has 0 atom stereocenters. The van der Waals surface area contributed by atoms with Crippen LogP contribution in [0.4, 0.5) is 0 Å². The molecule has 142 valence electrons. The van der Waals surface area contributed by atoms with Crippen molar-refractivity contribution in [3.8, 4) is 23.0 Å². The van der Waals surface area contributed by atoms with E-state index >= 15 is 0 Å². The number of amides is 1. The number of hydrogen-bond acceptors (Lipinski definition) is 5. The van der Waals surface area contributed by atoms with Crippen LogP contribution in [0.25, 0.3) is 21.5 Å². The van der Waals surface area contributed by atoms with Crippen LogP contribution in [0.5, 0.6) is 23.0 Å². The second-order valence-corrected chi connectivity index (χ2v) is 6.01. The van der Waals surface area contributed by atoms with E-state index in [1.165, 1.54) is 0 Å². The van der Waals surface area contributed by atoms with Gasteiger partial charge in [-0.05, 0) is 46.3 Å². The first-order valence-corrected chi connectivity index (χ1v) is 8.57. The van der Waals surface area contributed by atoms with Crippen LogP contribution in [-0.2, 0) is 11.2 Å². The summed E-state index contributed by atoms with van der Waals surface area (Å²) < 4.78 is 22.2. The van der Waals surface area contributed by atoms with Crippen molar-refractivity contribution in [1.82, 2.24) is 5.32 Å². The lowest BCUT2D eigenvalue weighted by Crippen LogP contribution is -2.14. The van der Waals surface area contributed by atoms with Crippen molar-refractivity contribution < 1.29 is 23.7 Å². The molecule has 6 heteroatoms. The molecule has 0 fully saturated rings. The van der Waals surface area contributed by atoms with Crippen molar-refractivity contribution >= 4 is 28.0 Å². The molecule has 0 saturated heterocycles. The summed E-state index contributed by atoms with van der Waals surface area (Å²) in [5, 5.41) is 6.67. The third-order valence-corrected chi connectivity index (χ3v) is 4.67. The van der Waals surface area contributed by atoms with E-state index in [9.17, 15) is 4.79 Å². The van der Waals surface area contributed by atoms with Crippen molar-refractivity contribution in [1.29, 1.82) is 0 Å². The number of ether oxygens (including phenoxy) is 4. The molecule has 0 aliphatic rings. The second kappa shape index (κ2) is 8.03. The molecule has 0 spiro atoms. The lowest BCUT2D eigenvalue weighted by molar-refractivity contribution is -0.109. The Bertz CT molecular complexity index is 984. The fraction of sp³-hybridized carbons (Fsp3) is 0.286. The summed E-state index contributed by atoms with van der Waals surface area (Å²) in [6.07, 6.45) is 1.38. The van der Waals surface area contributed by atoms with Crippen molar-refractivity contribution in [2.24, 2.45) is 0 Å². The minimum absolute atomic E-state index is 0.540. The Balaban J connectivity index is 2.37. The first kappa shape index (κ1) is 18.6. The summed E-state index contributed by atoms with van der Waals surface area (Å²) in [5.41, 5.74) is 1.06. The lowest BCUT2D eigenvalue weighted by Gasteiger charge is -2.18. The van der Waals surface area contributed by atoms with E-state index in [1.54, 1.807) is 28.4 Å². The van der Waals surface area contributed by atoms with E-state index in [0.29, 0.717) is 42.4 Å². The van der Waals surface area contributed by atoms with Crippen molar-refractivity contribution in [2.75, 3.05) is 35.0 Å². The first-order chi connectivity index (χ1) is 13.2. The second-order valence-electron chi connectivity index (χ2n) is 6.01. The molecule has 6 nitrogen and oxygen atoms in total. The van der Waals surface area contributed by atoms with Crippen LogP contribution in [0, 0.1) is 0 Å². The monoisotopic (exact) mass is 369 g/mol. The van der Waals surface area contributed by atoms with Gasteiger partial charge in [-0.1, -0.05) is 12.1 Å². The predicted molar refractivity (Wildman–Crippen MR) is 105 cm³/mol. The minimum atomic E-state index is 0.540. The molecule has 0 bridgehead atoms.